The molecule has 2 atom stereocenters. The Morgan fingerprint density at radius 1 is 1.08 bits per heavy atom. The minimum atomic E-state index is -0.464. The molecule has 5 rings (SSSR count). The largest absolute Gasteiger partial charge is 0.350 e. The molecule has 1 N–H and O–H groups in total. The summed E-state index contributed by atoms with van der Waals surface area (Å²) in [7, 11) is 0. The summed E-state index contributed by atoms with van der Waals surface area (Å²) in [5.74, 6) is 0.295. The number of nitrogens with zero attached hydrogens (tertiary/aromatic N) is 3. The van der Waals surface area contributed by atoms with E-state index in [2.05, 4.69) is 27.1 Å². The van der Waals surface area contributed by atoms with Gasteiger partial charge in [-0.05, 0) is 63.4 Å². The van der Waals surface area contributed by atoms with Gasteiger partial charge in [-0.25, -0.2) is 18.7 Å². The van der Waals surface area contributed by atoms with Crippen molar-refractivity contribution in [2.75, 3.05) is 18.4 Å². The molecule has 1 aromatic carbocycles. The Labute approximate surface area is 146 Å². The standard InChI is InChI=1S/C19H22F2N4/c1-11-7-17(21)15(8-16(11)20)14-9-22-19(23-10-14)24-18-12(2)25-5-3-13(18)4-6-25/h7-10,12-13,18H,3-6H2,1-2H3,(H,22,23,24). The van der Waals surface area contributed by atoms with Gasteiger partial charge in [-0.1, -0.05) is 0 Å². The fourth-order valence-electron chi connectivity index (χ4n) is 4.10. The molecule has 3 aliphatic rings. The number of aromatic nitrogens is 2. The first-order valence-electron chi connectivity index (χ1n) is 8.81. The number of piperidine rings is 3. The van der Waals surface area contributed by atoms with Crippen LogP contribution in [0.4, 0.5) is 14.7 Å². The number of halogens is 2. The van der Waals surface area contributed by atoms with Gasteiger partial charge in [0.15, 0.2) is 0 Å². The lowest BCUT2D eigenvalue weighted by atomic mass is 9.79. The summed E-state index contributed by atoms with van der Waals surface area (Å²) in [6.07, 6.45) is 5.50. The molecule has 0 amide bonds. The van der Waals surface area contributed by atoms with Crippen molar-refractivity contribution in [2.45, 2.75) is 38.8 Å². The number of hydrogen-bond acceptors (Lipinski definition) is 4. The van der Waals surface area contributed by atoms with Crippen molar-refractivity contribution >= 4 is 5.95 Å². The molecule has 3 fully saturated rings. The average molecular weight is 344 g/mol. The summed E-state index contributed by atoms with van der Waals surface area (Å²) >= 11 is 0. The monoisotopic (exact) mass is 344 g/mol. The molecule has 3 saturated heterocycles. The molecule has 0 saturated carbocycles. The molecule has 3 aliphatic heterocycles. The van der Waals surface area contributed by atoms with Crippen molar-refractivity contribution in [1.82, 2.24) is 14.9 Å². The minimum Gasteiger partial charge on any atom is -0.350 e. The van der Waals surface area contributed by atoms with Crippen LogP contribution in [-0.4, -0.2) is 40.0 Å². The van der Waals surface area contributed by atoms with Crippen LogP contribution in [0.3, 0.4) is 0 Å². The first kappa shape index (κ1) is 16.4. The van der Waals surface area contributed by atoms with Crippen molar-refractivity contribution < 1.29 is 8.78 Å². The molecule has 25 heavy (non-hydrogen) atoms. The second-order valence-corrected chi connectivity index (χ2v) is 7.16. The van der Waals surface area contributed by atoms with E-state index in [4.69, 9.17) is 0 Å². The van der Waals surface area contributed by atoms with Gasteiger partial charge < -0.3 is 5.32 Å². The van der Waals surface area contributed by atoms with E-state index in [1.165, 1.54) is 38.1 Å². The van der Waals surface area contributed by atoms with E-state index < -0.39 is 11.6 Å². The van der Waals surface area contributed by atoms with E-state index in [1.807, 2.05) is 0 Å². The van der Waals surface area contributed by atoms with Gasteiger partial charge in [0.25, 0.3) is 0 Å². The van der Waals surface area contributed by atoms with E-state index in [0.717, 1.165) is 0 Å². The smallest absolute Gasteiger partial charge is 0.222 e. The van der Waals surface area contributed by atoms with Crippen LogP contribution < -0.4 is 5.32 Å². The average Bonchev–Trinajstić information content (AvgIpc) is 2.62. The summed E-state index contributed by atoms with van der Waals surface area (Å²) in [6.45, 7) is 6.12. The zero-order valence-electron chi connectivity index (χ0n) is 14.5. The van der Waals surface area contributed by atoms with Crippen molar-refractivity contribution in [3.63, 3.8) is 0 Å². The van der Waals surface area contributed by atoms with E-state index >= 15 is 0 Å². The quantitative estimate of drug-likeness (QED) is 0.923. The molecule has 132 valence electrons. The van der Waals surface area contributed by atoms with Gasteiger partial charge in [-0.3, -0.25) is 4.90 Å². The fourth-order valence-corrected chi connectivity index (χ4v) is 4.10. The molecular formula is C19H22F2N4. The van der Waals surface area contributed by atoms with E-state index in [1.54, 1.807) is 19.3 Å². The van der Waals surface area contributed by atoms with Crippen LogP contribution in [0.1, 0.15) is 25.3 Å². The van der Waals surface area contributed by atoms with Gasteiger partial charge in [-0.15, -0.1) is 0 Å². The van der Waals surface area contributed by atoms with Gasteiger partial charge in [0.2, 0.25) is 5.95 Å². The lowest BCUT2D eigenvalue weighted by Crippen LogP contribution is -2.59. The Balaban J connectivity index is 1.54. The zero-order chi connectivity index (χ0) is 17.6. The highest BCUT2D eigenvalue weighted by Crippen LogP contribution is 2.33. The maximum absolute atomic E-state index is 14.1. The number of benzene rings is 1. The number of nitrogens with one attached hydrogen (secondary N) is 1. The van der Waals surface area contributed by atoms with Crippen LogP contribution in [-0.2, 0) is 0 Å². The normalized spacial score (nSPS) is 28.2. The van der Waals surface area contributed by atoms with Gasteiger partial charge >= 0.3 is 0 Å². The first-order valence-corrected chi connectivity index (χ1v) is 8.81. The second-order valence-electron chi connectivity index (χ2n) is 7.16. The molecule has 2 aromatic rings. The van der Waals surface area contributed by atoms with Crippen LogP contribution in [0.25, 0.3) is 11.1 Å². The van der Waals surface area contributed by atoms with Crippen LogP contribution in [0.15, 0.2) is 24.5 Å². The highest BCUT2D eigenvalue weighted by molar-refractivity contribution is 5.63. The lowest BCUT2D eigenvalue weighted by molar-refractivity contribution is 0.0455. The van der Waals surface area contributed by atoms with Crippen LogP contribution in [0, 0.1) is 24.5 Å². The molecule has 2 bridgehead atoms. The van der Waals surface area contributed by atoms with Crippen LogP contribution >= 0.6 is 0 Å². The number of rotatable bonds is 3. The van der Waals surface area contributed by atoms with Crippen molar-refractivity contribution in [3.8, 4) is 11.1 Å². The first-order chi connectivity index (χ1) is 12.0. The molecule has 6 heteroatoms. The molecule has 0 spiro atoms. The molecule has 0 aliphatic carbocycles. The van der Waals surface area contributed by atoms with E-state index in [9.17, 15) is 8.78 Å². The topological polar surface area (TPSA) is 41.1 Å². The molecule has 1 aromatic heterocycles. The molecule has 4 nitrogen and oxygen atoms in total. The third-order valence-electron chi connectivity index (χ3n) is 5.68. The van der Waals surface area contributed by atoms with Crippen LogP contribution in [0.5, 0.6) is 0 Å². The highest BCUT2D eigenvalue weighted by atomic mass is 19.1. The van der Waals surface area contributed by atoms with Crippen LogP contribution in [0.2, 0.25) is 0 Å². The SMILES string of the molecule is Cc1cc(F)c(-c2cnc(NC3C4CCN(CC4)C3C)nc2)cc1F. The molecular weight excluding hydrogens is 322 g/mol. The second kappa shape index (κ2) is 6.33. The van der Waals surface area contributed by atoms with Crippen molar-refractivity contribution in [3.05, 3.63) is 41.7 Å². The number of fused-ring (bicyclic) bond motifs is 3. The molecule has 4 heterocycles. The van der Waals surface area contributed by atoms with Gasteiger partial charge in [-0.2, -0.15) is 0 Å². The number of hydrogen-bond donors (Lipinski definition) is 1. The minimum absolute atomic E-state index is 0.186. The summed E-state index contributed by atoms with van der Waals surface area (Å²) in [6, 6.07) is 3.19. The molecule has 0 radical (unpaired) electrons. The Kier molecular flexibility index (Phi) is 4.15. The van der Waals surface area contributed by atoms with Gasteiger partial charge in [0, 0.05) is 35.6 Å². The summed E-state index contributed by atoms with van der Waals surface area (Å²) in [5.41, 5.74) is 0.951. The molecule has 2 unspecified atom stereocenters. The Hall–Kier alpha value is -2.08. The van der Waals surface area contributed by atoms with Crippen molar-refractivity contribution in [2.24, 2.45) is 5.92 Å². The maximum atomic E-state index is 14.1. The Morgan fingerprint density at radius 2 is 1.76 bits per heavy atom. The summed E-state index contributed by atoms with van der Waals surface area (Å²) < 4.78 is 27.8. The fraction of sp³-hybridized carbons (Fsp3) is 0.474. The zero-order valence-corrected chi connectivity index (χ0v) is 14.5. The number of aryl methyl sites for hydroxylation is 1. The van der Waals surface area contributed by atoms with Gasteiger partial charge in [0.1, 0.15) is 11.6 Å². The number of anilines is 1. The highest BCUT2D eigenvalue weighted by Gasteiger charge is 2.39. The maximum Gasteiger partial charge on any atom is 0.222 e. The third kappa shape index (κ3) is 2.99. The summed E-state index contributed by atoms with van der Waals surface area (Å²) in [5, 5.41) is 3.44. The Morgan fingerprint density at radius 3 is 2.40 bits per heavy atom. The lowest BCUT2D eigenvalue weighted by Gasteiger charge is -2.49. The van der Waals surface area contributed by atoms with Gasteiger partial charge in [0.05, 0.1) is 0 Å². The Bertz CT molecular complexity index is 768. The predicted molar refractivity (Wildman–Crippen MR) is 93.3 cm³/mol. The third-order valence-corrected chi connectivity index (χ3v) is 5.68. The van der Waals surface area contributed by atoms with Crippen molar-refractivity contribution in [1.29, 1.82) is 0 Å². The van der Waals surface area contributed by atoms with E-state index in [-0.39, 0.29) is 11.1 Å². The summed E-state index contributed by atoms with van der Waals surface area (Å²) in [4.78, 5) is 11.2. The predicted octanol–water partition coefficient (Wildman–Crippen LogP) is 3.62. The van der Waals surface area contributed by atoms with E-state index in [0.29, 0.717) is 29.5 Å².